The quantitative estimate of drug-likeness (QED) is 0.596. The van der Waals surface area contributed by atoms with Gasteiger partial charge in [-0.15, -0.1) is 0 Å². The summed E-state index contributed by atoms with van der Waals surface area (Å²) in [5, 5.41) is 2.62. The fourth-order valence-corrected chi connectivity index (χ4v) is 4.84. The molecule has 3 aromatic rings. The summed E-state index contributed by atoms with van der Waals surface area (Å²) in [7, 11) is -2.39. The molecule has 12 heteroatoms. The molecule has 1 amide bonds. The van der Waals surface area contributed by atoms with Gasteiger partial charge in [0.05, 0.1) is 48.3 Å². The molecule has 1 saturated heterocycles. The highest BCUT2D eigenvalue weighted by atomic mass is 32.2. The fourth-order valence-electron chi connectivity index (χ4n) is 3.41. The van der Waals surface area contributed by atoms with Crippen molar-refractivity contribution in [2.75, 3.05) is 38.7 Å². The molecule has 9 nitrogen and oxygen atoms in total. The number of rotatable bonds is 6. The zero-order valence-corrected chi connectivity index (χ0v) is 17.9. The van der Waals surface area contributed by atoms with E-state index < -0.39 is 27.6 Å². The number of hydrogen-bond acceptors (Lipinski definition) is 6. The van der Waals surface area contributed by atoms with Crippen LogP contribution in [0, 0.1) is 11.6 Å². The van der Waals surface area contributed by atoms with Gasteiger partial charge in [0, 0.05) is 25.2 Å². The Bertz CT molecular complexity index is 1270. The molecule has 32 heavy (non-hydrogen) atoms. The van der Waals surface area contributed by atoms with Gasteiger partial charge in [0.15, 0.2) is 11.6 Å². The van der Waals surface area contributed by atoms with Crippen molar-refractivity contribution < 1.29 is 31.5 Å². The molecule has 2 aromatic carbocycles. The van der Waals surface area contributed by atoms with Crippen molar-refractivity contribution in [3.63, 3.8) is 0 Å². The Kier molecular flexibility index (Phi) is 6.09. The second-order valence-electron chi connectivity index (χ2n) is 7.05. The summed E-state index contributed by atoms with van der Waals surface area (Å²) in [6.45, 7) is 0.831. The predicted octanol–water partition coefficient (Wildman–Crippen LogP) is 1.98. The van der Waals surface area contributed by atoms with Crippen LogP contribution in [0.5, 0.6) is 5.75 Å². The van der Waals surface area contributed by atoms with Gasteiger partial charge in [0.1, 0.15) is 12.3 Å². The van der Waals surface area contributed by atoms with E-state index in [2.05, 4.69) is 10.3 Å². The molecule has 170 valence electrons. The van der Waals surface area contributed by atoms with E-state index in [1.54, 1.807) is 0 Å². The Hall–Kier alpha value is -3.09. The molecule has 0 atom stereocenters. The highest BCUT2D eigenvalue weighted by molar-refractivity contribution is 7.89. The van der Waals surface area contributed by atoms with Crippen LogP contribution in [0.25, 0.3) is 11.0 Å². The van der Waals surface area contributed by atoms with Crippen molar-refractivity contribution >= 4 is 32.7 Å². The Labute approximate surface area is 182 Å². The van der Waals surface area contributed by atoms with Crippen LogP contribution in [0.2, 0.25) is 0 Å². The average Bonchev–Trinajstić information content (AvgIpc) is 3.15. The summed E-state index contributed by atoms with van der Waals surface area (Å²) in [6, 6.07) is 6.08. The molecule has 0 saturated carbocycles. The number of ether oxygens (including phenoxy) is 2. The lowest BCUT2D eigenvalue weighted by Crippen LogP contribution is -2.40. The summed E-state index contributed by atoms with van der Waals surface area (Å²) in [6.07, 6.45) is 1.29. The lowest BCUT2D eigenvalue weighted by Gasteiger charge is -2.26. The minimum Gasteiger partial charge on any atom is -0.495 e. The molecule has 2 heterocycles. The highest BCUT2D eigenvalue weighted by Gasteiger charge is 2.27. The summed E-state index contributed by atoms with van der Waals surface area (Å²) in [5.41, 5.74) is 0.607. The lowest BCUT2D eigenvalue weighted by atomic mass is 10.3. The number of methoxy groups -OCH3 is 1. The smallest absolute Gasteiger partial charge is 0.244 e. The maximum atomic E-state index is 13.6. The summed E-state index contributed by atoms with van der Waals surface area (Å²) in [4.78, 5) is 16.6. The van der Waals surface area contributed by atoms with Gasteiger partial charge in [-0.1, -0.05) is 0 Å². The molecule has 1 aliphatic rings. The van der Waals surface area contributed by atoms with E-state index in [4.69, 9.17) is 9.47 Å². The first-order valence-electron chi connectivity index (χ1n) is 9.65. The van der Waals surface area contributed by atoms with E-state index in [0.717, 1.165) is 12.1 Å². The maximum Gasteiger partial charge on any atom is 0.244 e. The number of nitrogens with zero attached hydrogens (tertiary/aromatic N) is 3. The molecule has 0 unspecified atom stereocenters. The Morgan fingerprint density at radius 2 is 1.91 bits per heavy atom. The first kappa shape index (κ1) is 22.1. The van der Waals surface area contributed by atoms with Crippen molar-refractivity contribution in [3.8, 4) is 5.75 Å². The number of sulfonamides is 1. The zero-order chi connectivity index (χ0) is 22.9. The number of fused-ring (bicyclic) bond motifs is 1. The van der Waals surface area contributed by atoms with Crippen LogP contribution in [-0.4, -0.2) is 61.6 Å². The van der Waals surface area contributed by atoms with Gasteiger partial charge < -0.3 is 19.4 Å². The largest absolute Gasteiger partial charge is 0.495 e. The molecule has 0 spiro atoms. The Morgan fingerprint density at radius 1 is 1.19 bits per heavy atom. The van der Waals surface area contributed by atoms with Gasteiger partial charge in [-0.25, -0.2) is 22.2 Å². The van der Waals surface area contributed by atoms with E-state index in [1.807, 2.05) is 0 Å². The third kappa shape index (κ3) is 4.29. The van der Waals surface area contributed by atoms with Gasteiger partial charge in [-0.05, 0) is 18.2 Å². The minimum atomic E-state index is -3.78. The number of morpholine rings is 1. The monoisotopic (exact) mass is 466 g/mol. The molecular weight excluding hydrogens is 446 g/mol. The normalized spacial score (nSPS) is 15.1. The number of carbonyl (C=O) groups excluding carboxylic acids is 1. The molecule has 0 bridgehead atoms. The Morgan fingerprint density at radius 3 is 2.62 bits per heavy atom. The number of carbonyl (C=O) groups is 1. The van der Waals surface area contributed by atoms with Crippen molar-refractivity contribution in [3.05, 3.63) is 48.3 Å². The van der Waals surface area contributed by atoms with Crippen LogP contribution < -0.4 is 10.1 Å². The number of halogens is 2. The fraction of sp³-hybridized carbons (Fsp3) is 0.300. The number of hydrogen-bond donors (Lipinski definition) is 1. The maximum absolute atomic E-state index is 13.6. The standard InChI is InChI=1S/C20H20F2N4O5S/c1-30-19-3-2-13(32(28,29)26-4-6-31-7-5-26)8-17(19)24-20(27)11-25-12-23-16-9-14(21)15(22)10-18(16)25/h2-3,8-10,12H,4-7,11H2,1H3,(H,24,27). The molecule has 0 radical (unpaired) electrons. The van der Waals surface area contributed by atoms with Crippen molar-refractivity contribution in [2.45, 2.75) is 11.4 Å². The second kappa shape index (κ2) is 8.81. The molecule has 1 N–H and O–H groups in total. The average molecular weight is 466 g/mol. The van der Waals surface area contributed by atoms with Crippen LogP contribution in [0.4, 0.5) is 14.5 Å². The highest BCUT2D eigenvalue weighted by Crippen LogP contribution is 2.29. The number of nitrogens with one attached hydrogen (secondary N) is 1. The number of amides is 1. The lowest BCUT2D eigenvalue weighted by molar-refractivity contribution is -0.116. The molecule has 1 fully saturated rings. The van der Waals surface area contributed by atoms with Crippen LogP contribution in [0.1, 0.15) is 0 Å². The third-order valence-corrected chi connectivity index (χ3v) is 6.92. The molecule has 4 rings (SSSR count). The van der Waals surface area contributed by atoms with Crippen LogP contribution >= 0.6 is 0 Å². The van der Waals surface area contributed by atoms with Crippen LogP contribution in [0.15, 0.2) is 41.6 Å². The molecular formula is C20H20F2N4O5S. The first-order valence-corrected chi connectivity index (χ1v) is 11.1. The number of aromatic nitrogens is 2. The van der Waals surface area contributed by atoms with E-state index in [9.17, 15) is 22.0 Å². The van der Waals surface area contributed by atoms with E-state index in [-0.39, 0.29) is 47.0 Å². The van der Waals surface area contributed by atoms with Crippen molar-refractivity contribution in [1.29, 1.82) is 0 Å². The third-order valence-electron chi connectivity index (χ3n) is 5.03. The Balaban J connectivity index is 1.57. The van der Waals surface area contributed by atoms with Crippen LogP contribution in [-0.2, 0) is 26.1 Å². The summed E-state index contributed by atoms with van der Waals surface area (Å²) < 4.78 is 65.9. The van der Waals surface area contributed by atoms with E-state index >= 15 is 0 Å². The SMILES string of the molecule is COc1ccc(S(=O)(=O)N2CCOCC2)cc1NC(=O)Cn1cnc2cc(F)c(F)cc21. The van der Waals surface area contributed by atoms with Gasteiger partial charge in [-0.2, -0.15) is 4.31 Å². The first-order chi connectivity index (χ1) is 15.3. The zero-order valence-electron chi connectivity index (χ0n) is 17.0. The van der Waals surface area contributed by atoms with Crippen LogP contribution in [0.3, 0.4) is 0 Å². The van der Waals surface area contributed by atoms with Gasteiger partial charge in [0.2, 0.25) is 15.9 Å². The molecule has 1 aromatic heterocycles. The van der Waals surface area contributed by atoms with Gasteiger partial charge in [-0.3, -0.25) is 4.79 Å². The van der Waals surface area contributed by atoms with Crippen molar-refractivity contribution in [2.24, 2.45) is 0 Å². The van der Waals surface area contributed by atoms with E-state index in [1.165, 1.54) is 40.5 Å². The predicted molar refractivity (Wildman–Crippen MR) is 111 cm³/mol. The number of imidazole rings is 1. The summed E-state index contributed by atoms with van der Waals surface area (Å²) in [5.74, 6) is -2.35. The van der Waals surface area contributed by atoms with E-state index in [0.29, 0.717) is 13.2 Å². The topological polar surface area (TPSA) is 103 Å². The van der Waals surface area contributed by atoms with Gasteiger partial charge in [0.25, 0.3) is 0 Å². The summed E-state index contributed by atoms with van der Waals surface area (Å²) >= 11 is 0. The number of benzene rings is 2. The number of anilines is 1. The van der Waals surface area contributed by atoms with Gasteiger partial charge >= 0.3 is 0 Å². The minimum absolute atomic E-state index is 0.00104. The molecule has 0 aliphatic carbocycles. The molecule has 1 aliphatic heterocycles. The van der Waals surface area contributed by atoms with Crippen molar-refractivity contribution in [1.82, 2.24) is 13.9 Å². The second-order valence-corrected chi connectivity index (χ2v) is 8.99.